The molecule has 1 aromatic carbocycles. The van der Waals surface area contributed by atoms with Crippen LogP contribution in [0.4, 0.5) is 11.4 Å². The van der Waals surface area contributed by atoms with Crippen molar-refractivity contribution in [3.05, 3.63) is 28.3 Å². The third-order valence-corrected chi connectivity index (χ3v) is 7.00. The minimum absolute atomic E-state index is 0.0250. The molecular weight excluding hydrogens is 370 g/mol. The van der Waals surface area contributed by atoms with E-state index in [1.807, 2.05) is 9.80 Å². The Labute approximate surface area is 159 Å². The molecule has 2 aliphatic rings. The molecule has 0 amide bonds. The zero-order chi connectivity index (χ0) is 19.4. The summed E-state index contributed by atoms with van der Waals surface area (Å²) in [7, 11) is -3.72. The Kier molecular flexibility index (Phi) is 5.94. The molecule has 0 aromatic heterocycles. The van der Waals surface area contributed by atoms with E-state index in [4.69, 9.17) is 5.26 Å². The molecule has 3 rings (SSSR count). The van der Waals surface area contributed by atoms with Gasteiger partial charge in [0, 0.05) is 45.3 Å². The standard InChI is InChI=1S/C17H23N5O4S/c18-6-9-19-10-12-20(13-11-19)16-5-4-15(14-17(16)22(23)24)27(25,26)21-7-2-1-3-8-21/h4-5,14H,1-3,7-13H2. The summed E-state index contributed by atoms with van der Waals surface area (Å²) in [5.41, 5.74) is 0.232. The molecule has 10 heteroatoms. The quantitative estimate of drug-likeness (QED) is 0.422. The SMILES string of the molecule is N#CCN1CCN(c2ccc(S(=O)(=O)N3CCCCC3)cc2[N+](=O)[O-])CC1. The Morgan fingerprint density at radius 1 is 1.07 bits per heavy atom. The molecule has 146 valence electrons. The smallest absolute Gasteiger partial charge is 0.293 e. The van der Waals surface area contributed by atoms with Crippen LogP contribution in [0.15, 0.2) is 23.1 Å². The van der Waals surface area contributed by atoms with Gasteiger partial charge in [0.05, 0.1) is 22.4 Å². The van der Waals surface area contributed by atoms with Crippen molar-refractivity contribution in [2.75, 3.05) is 50.7 Å². The van der Waals surface area contributed by atoms with Crippen LogP contribution in [0.1, 0.15) is 19.3 Å². The number of piperazine rings is 1. The number of nitro benzene ring substituents is 1. The lowest BCUT2D eigenvalue weighted by Gasteiger charge is -2.34. The number of piperidine rings is 1. The monoisotopic (exact) mass is 393 g/mol. The van der Waals surface area contributed by atoms with Gasteiger partial charge in [-0.2, -0.15) is 9.57 Å². The Morgan fingerprint density at radius 2 is 1.74 bits per heavy atom. The average Bonchev–Trinajstić information content (AvgIpc) is 2.69. The number of nitrogens with zero attached hydrogens (tertiary/aromatic N) is 5. The molecule has 27 heavy (non-hydrogen) atoms. The van der Waals surface area contributed by atoms with Gasteiger partial charge in [0.25, 0.3) is 5.69 Å². The number of anilines is 1. The Hall–Kier alpha value is -2.22. The van der Waals surface area contributed by atoms with Gasteiger partial charge in [-0.3, -0.25) is 15.0 Å². The molecule has 1 aromatic rings. The fraction of sp³-hybridized carbons (Fsp3) is 0.588. The fourth-order valence-electron chi connectivity index (χ4n) is 3.58. The first-order valence-electron chi connectivity index (χ1n) is 9.06. The minimum atomic E-state index is -3.72. The summed E-state index contributed by atoms with van der Waals surface area (Å²) in [6.45, 7) is 3.64. The number of rotatable bonds is 5. The van der Waals surface area contributed by atoms with Crippen molar-refractivity contribution in [3.63, 3.8) is 0 Å². The second-order valence-corrected chi connectivity index (χ2v) is 8.73. The van der Waals surface area contributed by atoms with E-state index in [1.165, 1.54) is 22.5 Å². The molecule has 0 N–H and O–H groups in total. The average molecular weight is 393 g/mol. The van der Waals surface area contributed by atoms with Crippen LogP contribution >= 0.6 is 0 Å². The van der Waals surface area contributed by atoms with Crippen molar-refractivity contribution in [3.8, 4) is 6.07 Å². The van der Waals surface area contributed by atoms with Crippen LogP contribution in [0.3, 0.4) is 0 Å². The fourth-order valence-corrected chi connectivity index (χ4v) is 5.12. The number of hydrogen-bond acceptors (Lipinski definition) is 7. The largest absolute Gasteiger partial charge is 0.363 e. The van der Waals surface area contributed by atoms with E-state index >= 15 is 0 Å². The summed E-state index contributed by atoms with van der Waals surface area (Å²) in [6.07, 6.45) is 2.63. The van der Waals surface area contributed by atoms with Gasteiger partial charge < -0.3 is 4.90 Å². The van der Waals surface area contributed by atoms with Crippen molar-refractivity contribution >= 4 is 21.4 Å². The summed E-state index contributed by atoms with van der Waals surface area (Å²) < 4.78 is 27.0. The number of hydrogen-bond donors (Lipinski definition) is 0. The summed E-state index contributed by atoms with van der Waals surface area (Å²) in [4.78, 5) is 14.9. The van der Waals surface area contributed by atoms with E-state index in [2.05, 4.69) is 6.07 Å². The summed E-state index contributed by atoms with van der Waals surface area (Å²) in [5.74, 6) is 0. The van der Waals surface area contributed by atoms with E-state index in [-0.39, 0.29) is 10.6 Å². The predicted molar refractivity (Wildman–Crippen MR) is 100.0 cm³/mol. The molecule has 2 aliphatic heterocycles. The van der Waals surface area contributed by atoms with E-state index in [0.717, 1.165) is 19.3 Å². The Balaban J connectivity index is 1.85. The van der Waals surface area contributed by atoms with Crippen molar-refractivity contribution in [2.45, 2.75) is 24.2 Å². The molecule has 0 radical (unpaired) electrons. The van der Waals surface area contributed by atoms with Crippen LogP contribution in [-0.2, 0) is 10.0 Å². The van der Waals surface area contributed by atoms with Crippen molar-refractivity contribution in [2.24, 2.45) is 0 Å². The molecule has 2 heterocycles. The minimum Gasteiger partial charge on any atom is -0.363 e. The third-order valence-electron chi connectivity index (χ3n) is 5.10. The molecular formula is C17H23N5O4S. The Bertz CT molecular complexity index is 837. The summed E-state index contributed by atoms with van der Waals surface area (Å²) in [5, 5.41) is 20.4. The van der Waals surface area contributed by atoms with E-state index in [9.17, 15) is 18.5 Å². The third kappa shape index (κ3) is 4.21. The zero-order valence-electron chi connectivity index (χ0n) is 15.1. The molecule has 0 spiro atoms. The van der Waals surface area contributed by atoms with Crippen LogP contribution < -0.4 is 4.90 Å². The topological polar surface area (TPSA) is 111 Å². The number of benzene rings is 1. The highest BCUT2D eigenvalue weighted by Gasteiger charge is 2.30. The maximum atomic E-state index is 12.8. The van der Waals surface area contributed by atoms with Gasteiger partial charge in [-0.25, -0.2) is 8.42 Å². The second-order valence-electron chi connectivity index (χ2n) is 6.79. The van der Waals surface area contributed by atoms with Gasteiger partial charge in [0.15, 0.2) is 0 Å². The first kappa shape index (κ1) is 19.5. The van der Waals surface area contributed by atoms with E-state index < -0.39 is 14.9 Å². The first-order valence-corrected chi connectivity index (χ1v) is 10.5. The predicted octanol–water partition coefficient (Wildman–Crippen LogP) is 1.41. The highest BCUT2D eigenvalue weighted by molar-refractivity contribution is 7.89. The maximum Gasteiger partial charge on any atom is 0.293 e. The summed E-state index contributed by atoms with van der Waals surface area (Å²) >= 11 is 0. The van der Waals surface area contributed by atoms with Crippen LogP contribution in [0, 0.1) is 21.4 Å². The van der Waals surface area contributed by atoms with Gasteiger partial charge in [-0.05, 0) is 25.0 Å². The Morgan fingerprint density at radius 3 is 2.33 bits per heavy atom. The highest BCUT2D eigenvalue weighted by atomic mass is 32.2. The molecule has 0 unspecified atom stereocenters. The molecule has 2 fully saturated rings. The molecule has 2 saturated heterocycles. The highest BCUT2D eigenvalue weighted by Crippen LogP contribution is 2.33. The van der Waals surface area contributed by atoms with Crippen molar-refractivity contribution in [1.29, 1.82) is 5.26 Å². The maximum absolute atomic E-state index is 12.8. The summed E-state index contributed by atoms with van der Waals surface area (Å²) in [6, 6.07) is 6.29. The molecule has 9 nitrogen and oxygen atoms in total. The lowest BCUT2D eigenvalue weighted by Crippen LogP contribution is -2.46. The van der Waals surface area contributed by atoms with Crippen molar-refractivity contribution < 1.29 is 13.3 Å². The van der Waals surface area contributed by atoms with Gasteiger partial charge in [0.2, 0.25) is 10.0 Å². The van der Waals surface area contributed by atoms with Gasteiger partial charge in [0.1, 0.15) is 5.69 Å². The zero-order valence-corrected chi connectivity index (χ0v) is 15.9. The van der Waals surface area contributed by atoms with Gasteiger partial charge in [-0.1, -0.05) is 6.42 Å². The van der Waals surface area contributed by atoms with Crippen LogP contribution in [0.5, 0.6) is 0 Å². The number of nitro groups is 1. The lowest BCUT2D eigenvalue weighted by atomic mass is 10.2. The molecule has 0 aliphatic carbocycles. The lowest BCUT2D eigenvalue weighted by molar-refractivity contribution is -0.384. The number of nitriles is 1. The van der Waals surface area contributed by atoms with E-state index in [0.29, 0.717) is 51.5 Å². The van der Waals surface area contributed by atoms with Crippen molar-refractivity contribution in [1.82, 2.24) is 9.21 Å². The second kappa shape index (κ2) is 8.21. The van der Waals surface area contributed by atoms with Crippen LogP contribution in [0.2, 0.25) is 0 Å². The van der Waals surface area contributed by atoms with Crippen LogP contribution in [-0.4, -0.2) is 68.4 Å². The number of sulfonamides is 1. The van der Waals surface area contributed by atoms with E-state index in [1.54, 1.807) is 0 Å². The molecule has 0 atom stereocenters. The van der Waals surface area contributed by atoms with Gasteiger partial charge >= 0.3 is 0 Å². The first-order chi connectivity index (χ1) is 12.9. The van der Waals surface area contributed by atoms with Gasteiger partial charge in [-0.15, -0.1) is 0 Å². The normalized spacial score (nSPS) is 19.6. The molecule has 0 saturated carbocycles. The van der Waals surface area contributed by atoms with Crippen LogP contribution in [0.25, 0.3) is 0 Å². The molecule has 0 bridgehead atoms.